The number of carbonyl (C=O) groups excluding carboxylic acids is 1. The SMILES string of the molecule is CCCSCC(OC(=O)C(O)(O)CC(=O)O)C(=O)O. The van der Waals surface area contributed by atoms with Crippen LogP contribution in [0.3, 0.4) is 0 Å². The standard InChI is InChI=1S/C10H16O8S/c1-2-3-19-5-6(8(13)14)18-9(15)10(16,17)4-7(11)12/h6,16-17H,2-5H2,1H3,(H,11,12)(H,13,14). The summed E-state index contributed by atoms with van der Waals surface area (Å²) in [5.74, 6) is -7.41. The van der Waals surface area contributed by atoms with Crippen LogP contribution in [0.2, 0.25) is 0 Å². The van der Waals surface area contributed by atoms with E-state index in [0.29, 0.717) is 5.75 Å². The number of aliphatic hydroxyl groups is 2. The maximum Gasteiger partial charge on any atom is 0.367 e. The van der Waals surface area contributed by atoms with Crippen LogP contribution in [0.4, 0.5) is 0 Å². The molecular formula is C10H16O8S. The van der Waals surface area contributed by atoms with Crippen LogP contribution >= 0.6 is 11.8 Å². The number of ether oxygens (including phenoxy) is 1. The molecular weight excluding hydrogens is 280 g/mol. The van der Waals surface area contributed by atoms with Crippen LogP contribution < -0.4 is 0 Å². The Morgan fingerprint density at radius 2 is 1.84 bits per heavy atom. The van der Waals surface area contributed by atoms with Crippen LogP contribution in [0.25, 0.3) is 0 Å². The van der Waals surface area contributed by atoms with E-state index < -0.39 is 36.2 Å². The monoisotopic (exact) mass is 296 g/mol. The van der Waals surface area contributed by atoms with Crippen molar-refractivity contribution >= 4 is 29.7 Å². The van der Waals surface area contributed by atoms with Crippen LogP contribution in [0.15, 0.2) is 0 Å². The number of esters is 1. The molecule has 110 valence electrons. The van der Waals surface area contributed by atoms with Crippen LogP contribution in [0.5, 0.6) is 0 Å². The van der Waals surface area contributed by atoms with Gasteiger partial charge in [0.25, 0.3) is 5.79 Å². The number of hydrogen-bond donors (Lipinski definition) is 4. The molecule has 0 aromatic rings. The summed E-state index contributed by atoms with van der Waals surface area (Å²) in [7, 11) is 0. The highest BCUT2D eigenvalue weighted by molar-refractivity contribution is 7.99. The van der Waals surface area contributed by atoms with E-state index in [1.807, 2.05) is 6.92 Å². The molecule has 4 N–H and O–H groups in total. The van der Waals surface area contributed by atoms with Gasteiger partial charge in [0.1, 0.15) is 6.42 Å². The third-order valence-electron chi connectivity index (χ3n) is 1.87. The average Bonchev–Trinajstić information content (AvgIpc) is 2.25. The Labute approximate surface area is 113 Å². The third-order valence-corrected chi connectivity index (χ3v) is 3.10. The van der Waals surface area contributed by atoms with Crippen LogP contribution in [-0.2, 0) is 19.1 Å². The third kappa shape index (κ3) is 6.99. The van der Waals surface area contributed by atoms with Crippen LogP contribution in [0.1, 0.15) is 19.8 Å². The number of rotatable bonds is 9. The molecule has 0 aliphatic carbocycles. The summed E-state index contributed by atoms with van der Waals surface area (Å²) in [6.07, 6.45) is -2.05. The van der Waals surface area contributed by atoms with Crippen molar-refractivity contribution < 1.29 is 39.5 Å². The molecule has 0 radical (unpaired) electrons. The van der Waals surface area contributed by atoms with Crippen molar-refractivity contribution in [2.45, 2.75) is 31.7 Å². The quantitative estimate of drug-likeness (QED) is 0.246. The van der Waals surface area contributed by atoms with E-state index in [9.17, 15) is 14.4 Å². The number of aliphatic carboxylic acids is 2. The summed E-state index contributed by atoms with van der Waals surface area (Å²) in [5, 5.41) is 35.5. The number of carbonyl (C=O) groups is 3. The zero-order chi connectivity index (χ0) is 15.1. The second-order valence-electron chi connectivity index (χ2n) is 3.69. The molecule has 0 amide bonds. The summed E-state index contributed by atoms with van der Waals surface area (Å²) < 4.78 is 4.40. The molecule has 0 aliphatic heterocycles. The van der Waals surface area contributed by atoms with Crippen LogP contribution in [0, 0.1) is 0 Å². The van der Waals surface area contributed by atoms with Crippen molar-refractivity contribution in [2.75, 3.05) is 11.5 Å². The van der Waals surface area contributed by atoms with E-state index in [-0.39, 0.29) is 5.75 Å². The lowest BCUT2D eigenvalue weighted by atomic mass is 10.2. The Hall–Kier alpha value is -1.32. The lowest BCUT2D eigenvalue weighted by Gasteiger charge is -2.20. The van der Waals surface area contributed by atoms with Gasteiger partial charge in [0.2, 0.25) is 6.10 Å². The van der Waals surface area contributed by atoms with Gasteiger partial charge in [-0.15, -0.1) is 0 Å². The Morgan fingerprint density at radius 1 is 1.26 bits per heavy atom. The molecule has 0 aromatic heterocycles. The predicted octanol–water partition coefficient (Wildman–Crippen LogP) is -0.718. The fourth-order valence-corrected chi connectivity index (χ4v) is 1.88. The second kappa shape index (κ2) is 7.97. The normalized spacial score (nSPS) is 12.8. The smallest absolute Gasteiger partial charge is 0.367 e. The molecule has 0 spiro atoms. The lowest BCUT2D eigenvalue weighted by molar-refractivity contribution is -0.218. The first-order valence-electron chi connectivity index (χ1n) is 5.39. The minimum absolute atomic E-state index is 0.0575. The fourth-order valence-electron chi connectivity index (χ4n) is 0.997. The van der Waals surface area contributed by atoms with Gasteiger partial charge in [0.15, 0.2) is 0 Å². The summed E-state index contributed by atoms with van der Waals surface area (Å²) in [4.78, 5) is 32.4. The minimum Gasteiger partial charge on any atom is -0.481 e. The van der Waals surface area contributed by atoms with Gasteiger partial charge in [-0.2, -0.15) is 11.8 Å². The Kier molecular flexibility index (Phi) is 7.42. The molecule has 1 unspecified atom stereocenters. The first-order valence-corrected chi connectivity index (χ1v) is 6.54. The number of carboxylic acid groups (broad SMARTS) is 2. The Bertz CT molecular complexity index is 340. The first kappa shape index (κ1) is 17.7. The number of carboxylic acids is 2. The molecule has 9 heteroatoms. The number of hydrogen-bond acceptors (Lipinski definition) is 7. The van der Waals surface area contributed by atoms with Gasteiger partial charge >= 0.3 is 17.9 Å². The molecule has 0 saturated heterocycles. The number of thioether (sulfide) groups is 1. The minimum atomic E-state index is -3.24. The molecule has 0 rings (SSSR count). The fraction of sp³-hybridized carbons (Fsp3) is 0.700. The summed E-state index contributed by atoms with van der Waals surface area (Å²) in [6, 6.07) is 0. The first-order chi connectivity index (χ1) is 8.70. The molecule has 0 aliphatic rings. The lowest BCUT2D eigenvalue weighted by Crippen LogP contribution is -2.45. The molecule has 0 heterocycles. The van der Waals surface area contributed by atoms with Crippen LogP contribution in [-0.4, -0.2) is 61.7 Å². The summed E-state index contributed by atoms with van der Waals surface area (Å²) in [6.45, 7) is 1.88. The highest BCUT2D eigenvalue weighted by Gasteiger charge is 2.40. The van der Waals surface area contributed by atoms with Gasteiger partial charge in [0, 0.05) is 5.75 Å². The highest BCUT2D eigenvalue weighted by atomic mass is 32.2. The van der Waals surface area contributed by atoms with E-state index in [4.69, 9.17) is 20.4 Å². The topological polar surface area (TPSA) is 141 Å². The van der Waals surface area contributed by atoms with Gasteiger partial charge in [-0.05, 0) is 12.2 Å². The van der Waals surface area contributed by atoms with E-state index in [0.717, 1.165) is 6.42 Å². The molecule has 8 nitrogen and oxygen atoms in total. The van der Waals surface area contributed by atoms with Crippen molar-refractivity contribution in [3.8, 4) is 0 Å². The van der Waals surface area contributed by atoms with E-state index in [1.54, 1.807) is 0 Å². The van der Waals surface area contributed by atoms with Gasteiger partial charge in [0.05, 0.1) is 0 Å². The maximum atomic E-state index is 11.3. The summed E-state index contributed by atoms with van der Waals surface area (Å²) >= 11 is 1.22. The van der Waals surface area contributed by atoms with Gasteiger partial charge in [-0.1, -0.05) is 6.92 Å². The summed E-state index contributed by atoms with van der Waals surface area (Å²) in [5.41, 5.74) is 0. The second-order valence-corrected chi connectivity index (χ2v) is 4.84. The van der Waals surface area contributed by atoms with Gasteiger partial charge < -0.3 is 25.2 Å². The highest BCUT2D eigenvalue weighted by Crippen LogP contribution is 2.13. The maximum absolute atomic E-state index is 11.3. The predicted molar refractivity (Wildman–Crippen MR) is 64.6 cm³/mol. The van der Waals surface area contributed by atoms with Gasteiger partial charge in [-0.3, -0.25) is 4.79 Å². The molecule has 0 aromatic carbocycles. The zero-order valence-corrected chi connectivity index (χ0v) is 11.1. The zero-order valence-electron chi connectivity index (χ0n) is 10.2. The molecule has 0 fully saturated rings. The van der Waals surface area contributed by atoms with E-state index in [2.05, 4.69) is 4.74 Å². The molecule has 1 atom stereocenters. The van der Waals surface area contributed by atoms with Crippen molar-refractivity contribution in [3.05, 3.63) is 0 Å². The van der Waals surface area contributed by atoms with Crippen molar-refractivity contribution in [1.29, 1.82) is 0 Å². The van der Waals surface area contributed by atoms with Crippen molar-refractivity contribution in [3.63, 3.8) is 0 Å². The Balaban J connectivity index is 4.53. The van der Waals surface area contributed by atoms with Crippen molar-refractivity contribution in [2.24, 2.45) is 0 Å². The molecule has 0 bridgehead atoms. The van der Waals surface area contributed by atoms with Crippen molar-refractivity contribution in [1.82, 2.24) is 0 Å². The van der Waals surface area contributed by atoms with E-state index >= 15 is 0 Å². The molecule has 0 saturated carbocycles. The van der Waals surface area contributed by atoms with E-state index in [1.165, 1.54) is 11.8 Å². The Morgan fingerprint density at radius 3 is 2.26 bits per heavy atom. The van der Waals surface area contributed by atoms with Gasteiger partial charge in [-0.25, -0.2) is 9.59 Å². The average molecular weight is 296 g/mol. The largest absolute Gasteiger partial charge is 0.481 e. The molecule has 19 heavy (non-hydrogen) atoms.